The van der Waals surface area contributed by atoms with Gasteiger partial charge in [-0.1, -0.05) is 43.3 Å². The molecule has 2 aromatic carbocycles. The molecule has 8 nitrogen and oxygen atoms in total. The van der Waals surface area contributed by atoms with E-state index in [1.54, 1.807) is 0 Å². The molecule has 0 atom stereocenters. The Labute approximate surface area is 202 Å². The number of benzene rings is 2. The van der Waals surface area contributed by atoms with Gasteiger partial charge in [0.15, 0.2) is 5.65 Å². The summed E-state index contributed by atoms with van der Waals surface area (Å²) < 4.78 is 2.24. The molecule has 1 N–H and O–H groups in total. The number of aromatic nitrogens is 8. The van der Waals surface area contributed by atoms with Crippen LogP contribution in [0, 0.1) is 13.8 Å². The summed E-state index contributed by atoms with van der Waals surface area (Å²) >= 11 is 0. The minimum atomic E-state index is 0.552. The van der Waals surface area contributed by atoms with Gasteiger partial charge in [-0.05, 0) is 54.5 Å². The van der Waals surface area contributed by atoms with Crippen LogP contribution in [0.3, 0.4) is 0 Å². The summed E-state index contributed by atoms with van der Waals surface area (Å²) in [5.74, 6) is 1.60. The lowest BCUT2D eigenvalue weighted by atomic mass is 10.0. The van der Waals surface area contributed by atoms with E-state index in [-0.39, 0.29) is 0 Å². The first-order chi connectivity index (χ1) is 17.1. The molecule has 4 aromatic heterocycles. The third-order valence-electron chi connectivity index (χ3n) is 6.30. The van der Waals surface area contributed by atoms with Gasteiger partial charge in [0.25, 0.3) is 0 Å². The van der Waals surface area contributed by atoms with Crippen LogP contribution in [0.2, 0.25) is 0 Å². The molecule has 0 bridgehead atoms. The number of tetrazole rings is 1. The van der Waals surface area contributed by atoms with Crippen molar-refractivity contribution in [1.82, 2.24) is 40.1 Å². The van der Waals surface area contributed by atoms with E-state index in [1.807, 2.05) is 37.3 Å². The molecule has 0 saturated carbocycles. The minimum absolute atomic E-state index is 0.552. The maximum Gasteiger partial charge on any atom is 0.205 e. The fraction of sp³-hybridized carbons (Fsp3) is 0.185. The minimum Gasteiger partial charge on any atom is -0.308 e. The number of nitrogens with one attached hydrogen (secondary N) is 1. The van der Waals surface area contributed by atoms with Crippen molar-refractivity contribution >= 4 is 22.1 Å². The highest BCUT2D eigenvalue weighted by Crippen LogP contribution is 2.30. The van der Waals surface area contributed by atoms with Crippen molar-refractivity contribution in [2.24, 2.45) is 0 Å². The van der Waals surface area contributed by atoms with Gasteiger partial charge in [0.2, 0.25) is 5.82 Å². The normalized spacial score (nSPS) is 11.5. The lowest BCUT2D eigenvalue weighted by Gasteiger charge is -2.11. The lowest BCUT2D eigenvalue weighted by Crippen LogP contribution is -2.05. The van der Waals surface area contributed by atoms with E-state index in [1.165, 1.54) is 5.56 Å². The first kappa shape index (κ1) is 21.1. The highest BCUT2D eigenvalue weighted by molar-refractivity contribution is 5.85. The van der Waals surface area contributed by atoms with Crippen molar-refractivity contribution in [3.05, 3.63) is 83.3 Å². The smallest absolute Gasteiger partial charge is 0.205 e. The maximum atomic E-state index is 4.94. The number of hydrogen-bond donors (Lipinski definition) is 1. The molecule has 0 unspecified atom stereocenters. The van der Waals surface area contributed by atoms with Gasteiger partial charge in [0, 0.05) is 28.6 Å². The third kappa shape index (κ3) is 3.73. The number of pyridine rings is 2. The molecule has 172 valence electrons. The molecule has 0 fully saturated rings. The van der Waals surface area contributed by atoms with Crippen molar-refractivity contribution in [2.75, 3.05) is 0 Å². The molecule has 0 aliphatic heterocycles. The zero-order valence-electron chi connectivity index (χ0n) is 19.8. The second-order valence-corrected chi connectivity index (χ2v) is 8.73. The van der Waals surface area contributed by atoms with Crippen molar-refractivity contribution in [1.29, 1.82) is 0 Å². The Hall–Kier alpha value is -4.46. The van der Waals surface area contributed by atoms with Crippen molar-refractivity contribution in [3.63, 3.8) is 0 Å². The van der Waals surface area contributed by atoms with Crippen LogP contribution in [-0.2, 0) is 13.0 Å². The lowest BCUT2D eigenvalue weighted by molar-refractivity contribution is 0.746. The number of rotatable bonds is 5. The number of aryl methyl sites for hydroxylation is 3. The molecule has 35 heavy (non-hydrogen) atoms. The first-order valence-electron chi connectivity index (χ1n) is 11.7. The Morgan fingerprint density at radius 3 is 2.54 bits per heavy atom. The standard InChI is InChI=1S/C27H24N8/c1-4-24-30-25-16(2)13-17(3)28-27(25)35(24)15-18-9-11-22-19(14-18)10-12-23(29-22)20-7-5-6-8-21(20)26-31-33-34-32-26/h5-14H,4,15H2,1-3H3,(H,31,32,33,34). The molecular weight excluding hydrogens is 436 g/mol. The molecule has 8 heteroatoms. The SMILES string of the molecule is CCc1nc2c(C)cc(C)nc2n1Cc1ccc2nc(-c3ccccc3-c3nn[nH]n3)ccc2c1. The predicted molar refractivity (Wildman–Crippen MR) is 136 cm³/mol. The molecule has 0 radical (unpaired) electrons. The predicted octanol–water partition coefficient (Wildman–Crippen LogP) is 5.05. The number of hydrogen-bond acceptors (Lipinski definition) is 6. The number of nitrogens with zero attached hydrogens (tertiary/aromatic N) is 7. The van der Waals surface area contributed by atoms with Crippen LogP contribution in [0.25, 0.3) is 44.7 Å². The second-order valence-electron chi connectivity index (χ2n) is 8.73. The Bertz CT molecular complexity index is 1680. The largest absolute Gasteiger partial charge is 0.308 e. The third-order valence-corrected chi connectivity index (χ3v) is 6.30. The average molecular weight is 461 g/mol. The van der Waals surface area contributed by atoms with E-state index in [0.29, 0.717) is 12.4 Å². The van der Waals surface area contributed by atoms with E-state index in [2.05, 4.69) is 69.4 Å². The highest BCUT2D eigenvalue weighted by Gasteiger charge is 2.15. The molecule has 6 aromatic rings. The van der Waals surface area contributed by atoms with E-state index in [0.717, 1.165) is 62.4 Å². The van der Waals surface area contributed by atoms with Gasteiger partial charge in [0.1, 0.15) is 11.3 Å². The Kier molecular flexibility index (Phi) is 5.06. The van der Waals surface area contributed by atoms with Gasteiger partial charge in [-0.15, -0.1) is 10.2 Å². The van der Waals surface area contributed by atoms with Gasteiger partial charge in [-0.25, -0.2) is 15.0 Å². The summed E-state index contributed by atoms with van der Waals surface area (Å²) in [6.45, 7) is 6.99. The Morgan fingerprint density at radius 1 is 0.886 bits per heavy atom. The number of fused-ring (bicyclic) bond motifs is 2. The van der Waals surface area contributed by atoms with Crippen molar-refractivity contribution in [3.8, 4) is 22.6 Å². The zero-order chi connectivity index (χ0) is 23.9. The summed E-state index contributed by atoms with van der Waals surface area (Å²) in [5.41, 5.74) is 8.96. The van der Waals surface area contributed by atoms with Gasteiger partial charge >= 0.3 is 0 Å². The highest BCUT2D eigenvalue weighted by atomic mass is 15.5. The van der Waals surface area contributed by atoms with Crippen LogP contribution < -0.4 is 0 Å². The van der Waals surface area contributed by atoms with Crippen LogP contribution in [0.4, 0.5) is 0 Å². The average Bonchev–Trinajstić information content (AvgIpc) is 3.53. The Balaban J connectivity index is 1.38. The van der Waals surface area contributed by atoms with Crippen LogP contribution >= 0.6 is 0 Å². The first-order valence-corrected chi connectivity index (χ1v) is 11.7. The number of H-pyrrole nitrogens is 1. The molecule has 0 spiro atoms. The van der Waals surface area contributed by atoms with Gasteiger partial charge < -0.3 is 4.57 Å². The summed E-state index contributed by atoms with van der Waals surface area (Å²) in [4.78, 5) is 14.6. The summed E-state index contributed by atoms with van der Waals surface area (Å²) in [6, 6.07) is 20.6. The van der Waals surface area contributed by atoms with Crippen LogP contribution in [0.1, 0.15) is 29.6 Å². The molecule has 6 rings (SSSR count). The quantitative estimate of drug-likeness (QED) is 0.386. The van der Waals surface area contributed by atoms with Crippen molar-refractivity contribution < 1.29 is 0 Å². The van der Waals surface area contributed by atoms with E-state index in [4.69, 9.17) is 15.0 Å². The molecule has 0 aliphatic carbocycles. The number of imidazole rings is 1. The van der Waals surface area contributed by atoms with Gasteiger partial charge in [0.05, 0.1) is 17.8 Å². The van der Waals surface area contributed by atoms with Crippen molar-refractivity contribution in [2.45, 2.75) is 33.7 Å². The van der Waals surface area contributed by atoms with E-state index < -0.39 is 0 Å². The van der Waals surface area contributed by atoms with E-state index in [9.17, 15) is 0 Å². The topological polar surface area (TPSA) is 98.1 Å². The maximum absolute atomic E-state index is 4.94. The summed E-state index contributed by atoms with van der Waals surface area (Å²) in [6.07, 6.45) is 0.854. The Morgan fingerprint density at radius 2 is 1.74 bits per heavy atom. The van der Waals surface area contributed by atoms with Crippen LogP contribution in [-0.4, -0.2) is 40.1 Å². The molecule has 0 aliphatic rings. The zero-order valence-corrected chi connectivity index (χ0v) is 19.8. The van der Waals surface area contributed by atoms with Gasteiger partial charge in [-0.3, -0.25) is 0 Å². The second kappa shape index (κ2) is 8.39. The monoisotopic (exact) mass is 460 g/mol. The molecular formula is C27H24N8. The van der Waals surface area contributed by atoms with Gasteiger partial charge in [-0.2, -0.15) is 5.21 Å². The summed E-state index contributed by atoms with van der Waals surface area (Å²) in [5, 5.41) is 15.6. The fourth-order valence-corrected chi connectivity index (χ4v) is 4.67. The van der Waals surface area contributed by atoms with Crippen LogP contribution in [0.15, 0.2) is 60.7 Å². The molecule has 0 saturated heterocycles. The number of aromatic amines is 1. The fourth-order valence-electron chi connectivity index (χ4n) is 4.67. The van der Waals surface area contributed by atoms with Crippen LogP contribution in [0.5, 0.6) is 0 Å². The summed E-state index contributed by atoms with van der Waals surface area (Å²) in [7, 11) is 0. The molecule has 4 heterocycles. The molecule has 0 amide bonds. The van der Waals surface area contributed by atoms with E-state index >= 15 is 0 Å².